The van der Waals surface area contributed by atoms with Crippen LogP contribution in [0.15, 0.2) is 44.3 Å². The molecule has 9 heteroatoms. The lowest BCUT2D eigenvalue weighted by Gasteiger charge is -2.13. The predicted molar refractivity (Wildman–Crippen MR) is 118 cm³/mol. The second-order valence-corrected chi connectivity index (χ2v) is 8.27. The maximum absolute atomic E-state index is 13.1. The van der Waals surface area contributed by atoms with E-state index in [1.54, 1.807) is 12.1 Å². The first-order valence-electron chi connectivity index (χ1n) is 10.4. The molecule has 0 saturated heterocycles. The van der Waals surface area contributed by atoms with Crippen molar-refractivity contribution < 1.29 is 19.7 Å². The summed E-state index contributed by atoms with van der Waals surface area (Å²) in [5.41, 5.74) is 1.28. The molecule has 5 N–H and O–H groups in total. The lowest BCUT2D eigenvalue weighted by molar-refractivity contribution is 0.404. The molecular formula is C23H19N3O6. The Morgan fingerprint density at radius 2 is 1.75 bits per heavy atom. The average Bonchev–Trinajstić information content (AvgIpc) is 3.50. The number of hydrogen-bond acceptors (Lipinski definition) is 6. The molecule has 0 amide bonds. The van der Waals surface area contributed by atoms with Gasteiger partial charge in [-0.2, -0.15) is 0 Å². The Bertz CT molecular complexity index is 1660. The van der Waals surface area contributed by atoms with Gasteiger partial charge in [0.1, 0.15) is 5.65 Å². The summed E-state index contributed by atoms with van der Waals surface area (Å²) in [6.07, 6.45) is 4.02. The molecule has 3 aromatic heterocycles. The summed E-state index contributed by atoms with van der Waals surface area (Å²) in [5, 5.41) is 34.0. The molecule has 1 aliphatic carbocycles. The third-order valence-electron chi connectivity index (χ3n) is 6.40. The topological polar surface area (TPSA) is 144 Å². The van der Waals surface area contributed by atoms with Gasteiger partial charge in [0, 0.05) is 10.9 Å². The second kappa shape index (κ2) is 6.43. The summed E-state index contributed by atoms with van der Waals surface area (Å²) in [6, 6.07) is 7.21. The number of nitrogens with one attached hydrogen (secondary N) is 2. The van der Waals surface area contributed by atoms with Crippen LogP contribution in [0.4, 0.5) is 0 Å². The van der Waals surface area contributed by atoms with Crippen molar-refractivity contribution in [1.29, 1.82) is 0 Å². The van der Waals surface area contributed by atoms with Gasteiger partial charge >= 0.3 is 0 Å². The number of benzene rings is 2. The summed E-state index contributed by atoms with van der Waals surface area (Å²) in [4.78, 5) is 28.4. The van der Waals surface area contributed by atoms with Crippen molar-refractivity contribution in [2.24, 2.45) is 0 Å². The lowest BCUT2D eigenvalue weighted by Crippen LogP contribution is -2.10. The number of furan rings is 1. The van der Waals surface area contributed by atoms with Crippen LogP contribution < -0.4 is 11.0 Å². The minimum atomic E-state index is -0.571. The highest BCUT2D eigenvalue weighted by Crippen LogP contribution is 2.42. The first-order chi connectivity index (χ1) is 15.4. The van der Waals surface area contributed by atoms with Crippen molar-refractivity contribution in [3.63, 3.8) is 0 Å². The summed E-state index contributed by atoms with van der Waals surface area (Å²) >= 11 is 0. The van der Waals surface area contributed by atoms with Gasteiger partial charge in [-0.05, 0) is 42.7 Å². The fourth-order valence-electron chi connectivity index (χ4n) is 4.86. The standard InChI is InChI=1S/C23H19N3O6/c27-13-7-5-10(9-15(13)29)16-17-22(26(25-23(17)31)11-3-1-2-4-11)24-18-12-6-8-14(28)19(30)20(12)32-21(16)18/h5-9,11,24,27,29-30H,1-4H2,(H,25,31). The number of pyridine rings is 1. The molecule has 1 saturated carbocycles. The number of phenols is 3. The molecule has 6 rings (SSSR count). The number of aromatic nitrogens is 3. The smallest absolute Gasteiger partial charge is 0.274 e. The molecule has 0 atom stereocenters. The van der Waals surface area contributed by atoms with Gasteiger partial charge in [0.25, 0.3) is 5.56 Å². The molecule has 0 bridgehead atoms. The van der Waals surface area contributed by atoms with E-state index >= 15 is 0 Å². The Morgan fingerprint density at radius 1 is 0.969 bits per heavy atom. The van der Waals surface area contributed by atoms with Gasteiger partial charge < -0.3 is 24.7 Å². The summed E-state index contributed by atoms with van der Waals surface area (Å²) in [6.45, 7) is 0. The number of aromatic hydroxyl groups is 3. The highest BCUT2D eigenvalue weighted by molar-refractivity contribution is 6.15. The molecule has 0 aliphatic heterocycles. The Labute approximate surface area is 179 Å². The van der Waals surface area contributed by atoms with E-state index in [0.717, 1.165) is 25.7 Å². The molecule has 0 unspecified atom stereocenters. The van der Waals surface area contributed by atoms with Gasteiger partial charge in [-0.25, -0.2) is 0 Å². The highest BCUT2D eigenvalue weighted by Gasteiger charge is 2.27. The zero-order valence-electron chi connectivity index (χ0n) is 16.8. The highest BCUT2D eigenvalue weighted by atomic mass is 16.4. The van der Waals surface area contributed by atoms with E-state index in [0.29, 0.717) is 33.1 Å². The van der Waals surface area contributed by atoms with Crippen molar-refractivity contribution >= 4 is 33.1 Å². The molecule has 162 valence electrons. The van der Waals surface area contributed by atoms with Crippen LogP contribution in [-0.2, 0) is 0 Å². The van der Waals surface area contributed by atoms with Crippen LogP contribution in [0.1, 0.15) is 31.7 Å². The van der Waals surface area contributed by atoms with Gasteiger partial charge in [0.2, 0.25) is 11.2 Å². The van der Waals surface area contributed by atoms with Crippen LogP contribution in [0.5, 0.6) is 17.2 Å². The van der Waals surface area contributed by atoms with Crippen molar-refractivity contribution in [1.82, 2.24) is 14.8 Å². The number of hydrogen-bond donors (Lipinski definition) is 5. The molecule has 1 fully saturated rings. The molecule has 0 radical (unpaired) electrons. The van der Waals surface area contributed by atoms with Crippen LogP contribution in [0.2, 0.25) is 0 Å². The van der Waals surface area contributed by atoms with Crippen LogP contribution in [0.25, 0.3) is 44.2 Å². The maximum atomic E-state index is 13.1. The van der Waals surface area contributed by atoms with Gasteiger partial charge in [-0.3, -0.25) is 19.4 Å². The fraction of sp³-hybridized carbons (Fsp3) is 0.217. The van der Waals surface area contributed by atoms with E-state index in [4.69, 9.17) is 4.42 Å². The van der Waals surface area contributed by atoms with E-state index < -0.39 is 11.2 Å². The largest absolute Gasteiger partial charge is 0.504 e. The molecule has 3 heterocycles. The maximum Gasteiger partial charge on any atom is 0.274 e. The lowest BCUT2D eigenvalue weighted by atomic mass is 10.0. The normalized spacial score (nSPS) is 14.9. The van der Waals surface area contributed by atoms with Crippen LogP contribution in [-0.4, -0.2) is 30.1 Å². The van der Waals surface area contributed by atoms with Crippen molar-refractivity contribution in [2.75, 3.05) is 0 Å². The molecule has 5 aromatic rings. The predicted octanol–water partition coefficient (Wildman–Crippen LogP) is 3.82. The zero-order valence-corrected chi connectivity index (χ0v) is 16.8. The fourth-order valence-corrected chi connectivity index (χ4v) is 4.86. The van der Waals surface area contributed by atoms with Gasteiger partial charge in [0.15, 0.2) is 22.7 Å². The molecule has 1 aliphatic rings. The quantitative estimate of drug-likeness (QED) is 0.268. The number of rotatable bonds is 2. The SMILES string of the molecule is O=c1ccc2c(oc3c(-c4ccc(O)c(O)c4)c4c(=O)[nH]n(C5CCCC5)c4[nH]c32)c1O. The first-order valence-corrected chi connectivity index (χ1v) is 10.4. The summed E-state index contributed by atoms with van der Waals surface area (Å²) in [7, 11) is 0. The monoisotopic (exact) mass is 433 g/mol. The van der Waals surface area contributed by atoms with E-state index in [9.17, 15) is 24.9 Å². The van der Waals surface area contributed by atoms with E-state index in [1.165, 1.54) is 18.2 Å². The number of H-pyrrole nitrogens is 2. The Morgan fingerprint density at radius 3 is 2.50 bits per heavy atom. The molecule has 9 nitrogen and oxygen atoms in total. The summed E-state index contributed by atoms with van der Waals surface area (Å²) < 4.78 is 7.77. The average molecular weight is 433 g/mol. The Kier molecular flexibility index (Phi) is 3.74. The van der Waals surface area contributed by atoms with Crippen LogP contribution in [0, 0.1) is 0 Å². The van der Waals surface area contributed by atoms with E-state index in [-0.39, 0.29) is 34.3 Å². The van der Waals surface area contributed by atoms with E-state index in [2.05, 4.69) is 10.1 Å². The number of aromatic amines is 2. The number of fused-ring (bicyclic) bond motifs is 4. The third kappa shape index (κ3) is 2.44. The van der Waals surface area contributed by atoms with Crippen LogP contribution in [0.3, 0.4) is 0 Å². The Balaban J connectivity index is 1.82. The minimum Gasteiger partial charge on any atom is -0.504 e. The van der Waals surface area contributed by atoms with Gasteiger partial charge in [-0.1, -0.05) is 18.9 Å². The minimum absolute atomic E-state index is 0.0181. The Hall–Kier alpha value is -4.14. The second-order valence-electron chi connectivity index (χ2n) is 8.27. The molecule has 32 heavy (non-hydrogen) atoms. The van der Waals surface area contributed by atoms with Crippen molar-refractivity contribution in [3.8, 4) is 28.4 Å². The molecular weight excluding hydrogens is 414 g/mol. The zero-order chi connectivity index (χ0) is 22.1. The first kappa shape index (κ1) is 18.6. The number of nitrogens with zero attached hydrogens (tertiary/aromatic N) is 1. The molecule has 2 aromatic carbocycles. The van der Waals surface area contributed by atoms with Gasteiger partial charge in [0.05, 0.1) is 16.9 Å². The van der Waals surface area contributed by atoms with Crippen molar-refractivity contribution in [3.05, 3.63) is 50.9 Å². The summed E-state index contributed by atoms with van der Waals surface area (Å²) in [5.74, 6) is -1.15. The van der Waals surface area contributed by atoms with Crippen molar-refractivity contribution in [2.45, 2.75) is 31.7 Å². The third-order valence-corrected chi connectivity index (χ3v) is 6.40. The molecule has 0 spiro atoms. The van der Waals surface area contributed by atoms with Crippen LogP contribution >= 0.6 is 0 Å². The number of phenolic OH excluding ortho intramolecular Hbond substituents is 3. The van der Waals surface area contributed by atoms with E-state index in [1.807, 2.05) is 4.68 Å². The van der Waals surface area contributed by atoms with Gasteiger partial charge in [-0.15, -0.1) is 0 Å².